The molecule has 0 saturated carbocycles. The Morgan fingerprint density at radius 1 is 1.20 bits per heavy atom. The van der Waals surface area contributed by atoms with E-state index in [1.54, 1.807) is 16.2 Å². The smallest absolute Gasteiger partial charge is 0.263 e. The van der Waals surface area contributed by atoms with Crippen LogP contribution >= 0.6 is 22.7 Å². The topological polar surface area (TPSA) is 49.4 Å². The molecule has 0 radical (unpaired) electrons. The summed E-state index contributed by atoms with van der Waals surface area (Å²) in [7, 11) is 0. The summed E-state index contributed by atoms with van der Waals surface area (Å²) in [4.78, 5) is 27.5. The summed E-state index contributed by atoms with van der Waals surface area (Å²) in [5.74, 6) is -0.00480. The zero-order valence-corrected chi connectivity index (χ0v) is 12.4. The maximum Gasteiger partial charge on any atom is 0.263 e. The molecule has 2 aromatic heterocycles. The summed E-state index contributed by atoms with van der Waals surface area (Å²) in [5.41, 5.74) is 0. The molecule has 1 fully saturated rings. The number of amides is 2. The Labute approximate surface area is 125 Å². The van der Waals surface area contributed by atoms with Crippen molar-refractivity contribution in [3.63, 3.8) is 0 Å². The van der Waals surface area contributed by atoms with Crippen molar-refractivity contribution in [3.05, 3.63) is 44.8 Å². The predicted molar refractivity (Wildman–Crippen MR) is 79.9 cm³/mol. The van der Waals surface area contributed by atoms with Crippen LogP contribution in [0, 0.1) is 5.92 Å². The van der Waals surface area contributed by atoms with Gasteiger partial charge in [-0.2, -0.15) is 0 Å². The van der Waals surface area contributed by atoms with Crippen molar-refractivity contribution in [3.8, 4) is 0 Å². The zero-order valence-electron chi connectivity index (χ0n) is 10.7. The third kappa shape index (κ3) is 2.76. The van der Waals surface area contributed by atoms with Gasteiger partial charge in [0.25, 0.3) is 5.91 Å². The number of carbonyl (C=O) groups excluding carboxylic acids is 2. The van der Waals surface area contributed by atoms with Gasteiger partial charge >= 0.3 is 0 Å². The lowest BCUT2D eigenvalue weighted by atomic mass is 9.99. The quantitative estimate of drug-likeness (QED) is 0.941. The van der Waals surface area contributed by atoms with Gasteiger partial charge in [0.2, 0.25) is 5.91 Å². The number of rotatable bonds is 4. The Balaban J connectivity index is 1.45. The molecule has 2 aromatic rings. The van der Waals surface area contributed by atoms with Crippen LogP contribution in [0.2, 0.25) is 0 Å². The molecule has 0 spiro atoms. The number of hydrogen-bond donors (Lipinski definition) is 1. The molecule has 6 heteroatoms. The summed E-state index contributed by atoms with van der Waals surface area (Å²) in [6.07, 6.45) is 0. The molecule has 3 rings (SSSR count). The molecule has 0 atom stereocenters. The van der Waals surface area contributed by atoms with Crippen LogP contribution in [-0.2, 0) is 11.3 Å². The molecule has 3 heterocycles. The van der Waals surface area contributed by atoms with E-state index in [0.29, 0.717) is 19.6 Å². The van der Waals surface area contributed by atoms with Crippen molar-refractivity contribution in [1.29, 1.82) is 0 Å². The fourth-order valence-electron chi connectivity index (χ4n) is 2.10. The molecule has 4 nitrogen and oxygen atoms in total. The first-order chi connectivity index (χ1) is 9.74. The van der Waals surface area contributed by atoms with E-state index in [0.717, 1.165) is 9.75 Å². The van der Waals surface area contributed by atoms with Gasteiger partial charge < -0.3 is 10.2 Å². The highest BCUT2D eigenvalue weighted by molar-refractivity contribution is 7.12. The monoisotopic (exact) mass is 306 g/mol. The molecule has 0 aliphatic carbocycles. The maximum atomic E-state index is 12.0. The number of carbonyl (C=O) groups is 2. The summed E-state index contributed by atoms with van der Waals surface area (Å²) in [6, 6.07) is 7.65. The normalized spacial score (nSPS) is 14.9. The van der Waals surface area contributed by atoms with Gasteiger partial charge in [0.1, 0.15) is 0 Å². The molecule has 0 unspecified atom stereocenters. The summed E-state index contributed by atoms with van der Waals surface area (Å²) >= 11 is 3.06. The van der Waals surface area contributed by atoms with E-state index in [2.05, 4.69) is 5.32 Å². The third-order valence-electron chi connectivity index (χ3n) is 3.29. The molecule has 2 amide bonds. The number of likely N-dealkylation sites (tertiary alicyclic amines) is 1. The molecule has 1 aliphatic rings. The summed E-state index contributed by atoms with van der Waals surface area (Å²) < 4.78 is 0. The second-order valence-corrected chi connectivity index (χ2v) is 6.66. The first kappa shape index (κ1) is 13.3. The second kappa shape index (κ2) is 5.76. The van der Waals surface area contributed by atoms with Crippen LogP contribution in [0.3, 0.4) is 0 Å². The van der Waals surface area contributed by atoms with Crippen LogP contribution in [0.5, 0.6) is 0 Å². The Morgan fingerprint density at radius 3 is 2.60 bits per heavy atom. The maximum absolute atomic E-state index is 12.0. The fourth-order valence-corrected chi connectivity index (χ4v) is 3.43. The lowest BCUT2D eigenvalue weighted by molar-refractivity contribution is -0.129. The van der Waals surface area contributed by atoms with E-state index in [4.69, 9.17) is 0 Å². The molecular weight excluding hydrogens is 292 g/mol. The van der Waals surface area contributed by atoms with E-state index in [1.165, 1.54) is 11.3 Å². The van der Waals surface area contributed by atoms with Crippen LogP contribution in [-0.4, -0.2) is 29.8 Å². The number of nitrogens with zero attached hydrogens (tertiary/aromatic N) is 1. The molecule has 0 bridgehead atoms. The third-order valence-corrected chi connectivity index (χ3v) is 5.02. The standard InChI is InChI=1S/C14H14N2O2S2/c17-13(15-7-11-3-1-5-19-11)10-8-16(9-10)14(18)12-4-2-6-20-12/h1-6,10H,7-9H2,(H,15,17). The van der Waals surface area contributed by atoms with Crippen LogP contribution in [0.25, 0.3) is 0 Å². The van der Waals surface area contributed by atoms with Crippen LogP contribution in [0.1, 0.15) is 14.5 Å². The lowest BCUT2D eigenvalue weighted by Gasteiger charge is -2.37. The van der Waals surface area contributed by atoms with Crippen LogP contribution in [0.4, 0.5) is 0 Å². The average Bonchev–Trinajstić information content (AvgIpc) is 3.07. The minimum atomic E-state index is -0.0705. The van der Waals surface area contributed by atoms with Gasteiger partial charge in [-0.3, -0.25) is 9.59 Å². The van der Waals surface area contributed by atoms with Crippen molar-refractivity contribution in [2.45, 2.75) is 6.54 Å². The molecule has 1 saturated heterocycles. The van der Waals surface area contributed by atoms with E-state index in [9.17, 15) is 9.59 Å². The minimum absolute atomic E-state index is 0.0299. The summed E-state index contributed by atoms with van der Waals surface area (Å²) in [5, 5.41) is 6.80. The van der Waals surface area contributed by atoms with Gasteiger partial charge in [-0.05, 0) is 22.9 Å². The molecule has 1 aliphatic heterocycles. The van der Waals surface area contributed by atoms with Gasteiger partial charge in [0, 0.05) is 18.0 Å². The average molecular weight is 306 g/mol. The van der Waals surface area contributed by atoms with Gasteiger partial charge in [0.15, 0.2) is 0 Å². The second-order valence-electron chi connectivity index (χ2n) is 4.68. The molecule has 104 valence electrons. The molecule has 0 aromatic carbocycles. The van der Waals surface area contributed by atoms with Crippen molar-refractivity contribution < 1.29 is 9.59 Å². The van der Waals surface area contributed by atoms with Gasteiger partial charge in [-0.25, -0.2) is 0 Å². The van der Waals surface area contributed by atoms with Crippen molar-refractivity contribution in [2.24, 2.45) is 5.92 Å². The highest BCUT2D eigenvalue weighted by Gasteiger charge is 2.36. The summed E-state index contributed by atoms with van der Waals surface area (Å²) in [6.45, 7) is 1.62. The SMILES string of the molecule is O=C(NCc1cccs1)C1CN(C(=O)c2cccs2)C1. The Kier molecular flexibility index (Phi) is 3.84. The molecular formula is C14H14N2O2S2. The Morgan fingerprint density at radius 2 is 1.95 bits per heavy atom. The lowest BCUT2D eigenvalue weighted by Crippen LogP contribution is -2.55. The van der Waals surface area contributed by atoms with E-state index >= 15 is 0 Å². The zero-order chi connectivity index (χ0) is 13.9. The van der Waals surface area contributed by atoms with Gasteiger partial charge in [-0.1, -0.05) is 12.1 Å². The molecule has 20 heavy (non-hydrogen) atoms. The number of hydrogen-bond acceptors (Lipinski definition) is 4. The van der Waals surface area contributed by atoms with Crippen molar-refractivity contribution in [2.75, 3.05) is 13.1 Å². The predicted octanol–water partition coefficient (Wildman–Crippen LogP) is 2.20. The highest BCUT2D eigenvalue weighted by Crippen LogP contribution is 2.21. The molecule has 1 N–H and O–H groups in total. The highest BCUT2D eigenvalue weighted by atomic mass is 32.1. The Hall–Kier alpha value is -1.66. The first-order valence-electron chi connectivity index (χ1n) is 6.37. The fraction of sp³-hybridized carbons (Fsp3) is 0.286. The van der Waals surface area contributed by atoms with Crippen molar-refractivity contribution >= 4 is 34.5 Å². The van der Waals surface area contributed by atoms with Gasteiger partial charge in [-0.15, -0.1) is 22.7 Å². The van der Waals surface area contributed by atoms with E-state index < -0.39 is 0 Å². The largest absolute Gasteiger partial charge is 0.351 e. The number of nitrogens with one attached hydrogen (secondary N) is 1. The van der Waals surface area contributed by atoms with Crippen LogP contribution in [0.15, 0.2) is 35.0 Å². The van der Waals surface area contributed by atoms with Crippen LogP contribution < -0.4 is 5.32 Å². The van der Waals surface area contributed by atoms with Gasteiger partial charge in [0.05, 0.1) is 17.3 Å². The number of thiophene rings is 2. The first-order valence-corrected chi connectivity index (χ1v) is 8.13. The Bertz CT molecular complexity index is 587. The minimum Gasteiger partial charge on any atom is -0.351 e. The van der Waals surface area contributed by atoms with E-state index in [-0.39, 0.29) is 17.7 Å². The van der Waals surface area contributed by atoms with Crippen molar-refractivity contribution in [1.82, 2.24) is 10.2 Å². The van der Waals surface area contributed by atoms with E-state index in [1.807, 2.05) is 35.0 Å².